The van der Waals surface area contributed by atoms with Crippen molar-refractivity contribution in [2.75, 3.05) is 14.2 Å². The van der Waals surface area contributed by atoms with Crippen LogP contribution in [0.1, 0.15) is 16.1 Å². The summed E-state index contributed by atoms with van der Waals surface area (Å²) in [6, 6.07) is 9.25. The number of aromatic hydroxyl groups is 1. The Morgan fingerprint density at radius 3 is 2.39 bits per heavy atom. The number of ether oxygens (including phenoxy) is 3. The minimum atomic E-state index is -0.608. The lowest BCUT2D eigenvalue weighted by Gasteiger charge is -2.09. The molecule has 0 radical (unpaired) electrons. The number of hydrogen-bond donors (Lipinski definition) is 1. The number of hydrogen-bond acceptors (Lipinski definition) is 8. The molecule has 33 heavy (non-hydrogen) atoms. The normalized spacial score (nSPS) is 12.7. The molecule has 9 nitrogen and oxygen atoms in total. The molecule has 0 unspecified atom stereocenters. The maximum atomic E-state index is 12.6. The Hall–Kier alpha value is -4.66. The number of fused-ring (bicyclic) bond motifs is 1. The van der Waals surface area contributed by atoms with Crippen LogP contribution in [0.2, 0.25) is 0 Å². The Morgan fingerprint density at radius 2 is 1.73 bits per heavy atom. The van der Waals surface area contributed by atoms with Crippen LogP contribution in [0.15, 0.2) is 70.7 Å². The van der Waals surface area contributed by atoms with Crippen molar-refractivity contribution in [3.8, 4) is 23.0 Å². The van der Waals surface area contributed by atoms with Gasteiger partial charge in [-0.15, -0.1) is 0 Å². The molecule has 0 amide bonds. The molecule has 4 rings (SSSR count). The molecule has 2 aromatic carbocycles. The number of esters is 1. The SMILES string of the molecule is COc1ccc(C(=O)Oc2ccc3c(O)c(C=C4C=CC(=[N+]([O-])[O-])C=C4)oc3c2)cc1OC. The third-order valence-corrected chi connectivity index (χ3v) is 4.89. The van der Waals surface area contributed by atoms with Crippen molar-refractivity contribution in [1.82, 2.24) is 0 Å². The number of carbonyl (C=O) groups is 1. The Kier molecular flexibility index (Phi) is 5.77. The predicted molar refractivity (Wildman–Crippen MR) is 121 cm³/mol. The van der Waals surface area contributed by atoms with Crippen LogP contribution in [-0.4, -0.2) is 35.9 Å². The zero-order chi connectivity index (χ0) is 23.5. The summed E-state index contributed by atoms with van der Waals surface area (Å²) in [6.07, 6.45) is 7.35. The molecule has 0 saturated carbocycles. The van der Waals surface area contributed by atoms with Crippen molar-refractivity contribution < 1.29 is 33.4 Å². The number of furan rings is 1. The molecule has 1 aliphatic rings. The molecule has 1 heterocycles. The van der Waals surface area contributed by atoms with E-state index in [0.717, 1.165) is 0 Å². The first-order chi connectivity index (χ1) is 15.9. The summed E-state index contributed by atoms with van der Waals surface area (Å²) in [5.74, 6) is 0.563. The number of benzene rings is 2. The molecule has 1 aliphatic carbocycles. The first-order valence-electron chi connectivity index (χ1n) is 9.68. The number of allylic oxidation sites excluding steroid dienone is 5. The van der Waals surface area contributed by atoms with Gasteiger partial charge in [0.25, 0.3) is 0 Å². The summed E-state index contributed by atoms with van der Waals surface area (Å²) in [7, 11) is 2.97. The molecule has 0 atom stereocenters. The van der Waals surface area contributed by atoms with E-state index in [9.17, 15) is 20.3 Å². The molecule has 0 aliphatic heterocycles. The molecule has 1 aromatic heterocycles. The number of methoxy groups -OCH3 is 2. The van der Waals surface area contributed by atoms with Crippen molar-refractivity contribution in [2.24, 2.45) is 0 Å². The average Bonchev–Trinajstić information content (AvgIpc) is 3.13. The van der Waals surface area contributed by atoms with Crippen molar-refractivity contribution in [1.29, 1.82) is 0 Å². The van der Waals surface area contributed by atoms with Gasteiger partial charge in [-0.3, -0.25) is 0 Å². The van der Waals surface area contributed by atoms with E-state index in [1.807, 2.05) is 0 Å². The van der Waals surface area contributed by atoms with Crippen LogP contribution in [0.4, 0.5) is 0 Å². The van der Waals surface area contributed by atoms with Crippen molar-refractivity contribution >= 4 is 28.7 Å². The highest BCUT2D eigenvalue weighted by atomic mass is 16.8. The van der Waals surface area contributed by atoms with Crippen LogP contribution >= 0.6 is 0 Å². The van der Waals surface area contributed by atoms with Gasteiger partial charge in [-0.2, -0.15) is 4.90 Å². The van der Waals surface area contributed by atoms with Crippen LogP contribution in [0.3, 0.4) is 0 Å². The number of rotatable bonds is 5. The van der Waals surface area contributed by atoms with Crippen LogP contribution in [-0.2, 0) is 0 Å². The first-order valence-corrected chi connectivity index (χ1v) is 9.68. The first kappa shape index (κ1) is 21.6. The highest BCUT2D eigenvalue weighted by molar-refractivity contribution is 6.03. The summed E-state index contributed by atoms with van der Waals surface area (Å²) in [4.78, 5) is 12.1. The van der Waals surface area contributed by atoms with E-state index >= 15 is 0 Å². The van der Waals surface area contributed by atoms with Crippen molar-refractivity contribution in [3.05, 3.63) is 88.0 Å². The third kappa shape index (κ3) is 4.38. The Bertz CT molecular complexity index is 1340. The fraction of sp³-hybridized carbons (Fsp3) is 0.0833. The number of nitrogens with zero attached hydrogens (tertiary/aromatic N) is 1. The summed E-state index contributed by atoms with van der Waals surface area (Å²) in [5.41, 5.74) is 1.14. The quantitative estimate of drug-likeness (QED) is 0.264. The maximum absolute atomic E-state index is 12.6. The van der Waals surface area contributed by atoms with Crippen LogP contribution in [0.25, 0.3) is 17.0 Å². The lowest BCUT2D eigenvalue weighted by Crippen LogP contribution is -2.08. The largest absolute Gasteiger partial charge is 0.612 e. The summed E-state index contributed by atoms with van der Waals surface area (Å²) in [5, 5.41) is 32.5. The van der Waals surface area contributed by atoms with Gasteiger partial charge < -0.3 is 34.1 Å². The zero-order valence-electron chi connectivity index (χ0n) is 17.6. The Morgan fingerprint density at radius 1 is 1.00 bits per heavy atom. The third-order valence-electron chi connectivity index (χ3n) is 4.89. The number of carbonyl (C=O) groups excluding carboxylic acids is 1. The second kappa shape index (κ2) is 8.83. The fourth-order valence-corrected chi connectivity index (χ4v) is 3.22. The van der Waals surface area contributed by atoms with Gasteiger partial charge in [0.2, 0.25) is 5.71 Å². The molecule has 0 spiro atoms. The fourth-order valence-electron chi connectivity index (χ4n) is 3.22. The van der Waals surface area contributed by atoms with Gasteiger partial charge in [0.1, 0.15) is 11.3 Å². The molecule has 3 aromatic rings. The Labute approximate surface area is 187 Å². The predicted octanol–water partition coefficient (Wildman–Crippen LogP) is 4.33. The van der Waals surface area contributed by atoms with Crippen LogP contribution in [0.5, 0.6) is 23.0 Å². The van der Waals surface area contributed by atoms with E-state index in [1.165, 1.54) is 44.6 Å². The topological polar surface area (TPSA) is 127 Å². The summed E-state index contributed by atoms with van der Waals surface area (Å²) < 4.78 is 21.5. The van der Waals surface area contributed by atoms with E-state index in [0.29, 0.717) is 28.0 Å². The van der Waals surface area contributed by atoms with E-state index in [-0.39, 0.29) is 28.5 Å². The second-order valence-corrected chi connectivity index (χ2v) is 6.93. The van der Waals surface area contributed by atoms with E-state index in [1.54, 1.807) is 36.4 Å². The molecule has 0 fully saturated rings. The molecule has 9 heteroatoms. The van der Waals surface area contributed by atoms with E-state index < -0.39 is 10.9 Å². The summed E-state index contributed by atoms with van der Waals surface area (Å²) >= 11 is 0. The lowest BCUT2D eigenvalue weighted by atomic mass is 10.1. The minimum absolute atomic E-state index is 0.0399. The Balaban J connectivity index is 1.58. The van der Waals surface area contributed by atoms with Gasteiger partial charge in [0.05, 0.1) is 25.2 Å². The van der Waals surface area contributed by atoms with Gasteiger partial charge in [-0.25, -0.2) is 4.79 Å². The van der Waals surface area contributed by atoms with Crippen LogP contribution in [0, 0.1) is 10.4 Å². The minimum Gasteiger partial charge on any atom is -0.612 e. The highest BCUT2D eigenvalue weighted by Crippen LogP contribution is 2.36. The second-order valence-electron chi connectivity index (χ2n) is 6.93. The molecule has 168 valence electrons. The molecular formula is C24H18NO8-. The maximum Gasteiger partial charge on any atom is 0.343 e. The van der Waals surface area contributed by atoms with Gasteiger partial charge in [-0.1, -0.05) is 0 Å². The van der Waals surface area contributed by atoms with E-state index in [4.69, 9.17) is 18.6 Å². The standard InChI is InChI=1S/C24H18NO8/c1-30-19-10-5-15(12-21(19)31-2)24(27)32-17-8-9-18-20(13-17)33-22(23(18)26)11-14-3-6-16(7-4-14)25(28)29/h3-13H,1-2H3,(H-,26,28,29)/q-1. The van der Waals surface area contributed by atoms with Crippen LogP contribution < -0.4 is 14.2 Å². The molecular weight excluding hydrogens is 430 g/mol. The van der Waals surface area contributed by atoms with Gasteiger partial charge in [-0.05, 0) is 54.1 Å². The van der Waals surface area contributed by atoms with Gasteiger partial charge >= 0.3 is 5.97 Å². The van der Waals surface area contributed by atoms with Gasteiger partial charge in [0.15, 0.2) is 23.0 Å². The molecule has 0 saturated heterocycles. The average molecular weight is 448 g/mol. The summed E-state index contributed by atoms with van der Waals surface area (Å²) in [6.45, 7) is 0. The molecule has 1 N–H and O–H groups in total. The van der Waals surface area contributed by atoms with E-state index in [2.05, 4.69) is 0 Å². The lowest BCUT2D eigenvalue weighted by molar-refractivity contribution is -0.377. The molecule has 0 bridgehead atoms. The smallest absolute Gasteiger partial charge is 0.343 e. The van der Waals surface area contributed by atoms with Crippen molar-refractivity contribution in [3.63, 3.8) is 0 Å². The highest BCUT2D eigenvalue weighted by Gasteiger charge is 2.16. The monoisotopic (exact) mass is 448 g/mol. The van der Waals surface area contributed by atoms with Crippen molar-refractivity contribution in [2.45, 2.75) is 0 Å². The van der Waals surface area contributed by atoms with Gasteiger partial charge in [0, 0.05) is 18.2 Å². The zero-order valence-corrected chi connectivity index (χ0v) is 17.6.